The number of fused-ring (bicyclic) bond motifs is 1. The third-order valence-corrected chi connectivity index (χ3v) is 2.24. The molecule has 2 aromatic heterocycles. The van der Waals surface area contributed by atoms with Crippen molar-refractivity contribution in [3.8, 4) is 0 Å². The van der Waals surface area contributed by atoms with Crippen molar-refractivity contribution in [2.45, 2.75) is 20.8 Å². The highest BCUT2D eigenvalue weighted by molar-refractivity contribution is 6.28. The summed E-state index contributed by atoms with van der Waals surface area (Å²) in [7, 11) is 0. The fourth-order valence-electron chi connectivity index (χ4n) is 1.29. The van der Waals surface area contributed by atoms with Crippen LogP contribution in [0.25, 0.3) is 11.0 Å². The summed E-state index contributed by atoms with van der Waals surface area (Å²) in [6.07, 6.45) is 1.69. The largest absolute Gasteiger partial charge is 0.369 e. The van der Waals surface area contributed by atoms with Gasteiger partial charge in [0, 0.05) is 6.54 Å². The molecule has 2 rings (SSSR count). The Balaban J connectivity index is 2.32. The molecule has 0 saturated carbocycles. The van der Waals surface area contributed by atoms with E-state index in [0.717, 1.165) is 17.7 Å². The molecule has 0 fully saturated rings. The quantitative estimate of drug-likeness (QED) is 0.790. The molecule has 86 valence electrons. The Morgan fingerprint density at radius 2 is 2.12 bits per heavy atom. The standard InChI is InChI=1S/C10H14ClN5/c1-10(2,3)5-12-7-6-4-13-16-8(6)15-9(11)14-7/h4H,5H2,1-3H3,(H2,12,13,14,15,16). The van der Waals surface area contributed by atoms with E-state index in [-0.39, 0.29) is 10.7 Å². The normalized spacial score (nSPS) is 12.0. The van der Waals surface area contributed by atoms with E-state index >= 15 is 0 Å². The predicted octanol–water partition coefficient (Wildman–Crippen LogP) is 2.46. The molecule has 0 aliphatic heterocycles. The lowest BCUT2D eigenvalue weighted by Gasteiger charge is -2.19. The highest BCUT2D eigenvalue weighted by Crippen LogP contribution is 2.21. The smallest absolute Gasteiger partial charge is 0.226 e. The Morgan fingerprint density at radius 1 is 1.38 bits per heavy atom. The second-order valence-electron chi connectivity index (χ2n) is 4.89. The number of hydrogen-bond donors (Lipinski definition) is 2. The third kappa shape index (κ3) is 2.41. The predicted molar refractivity (Wildman–Crippen MR) is 64.6 cm³/mol. The molecule has 0 radical (unpaired) electrons. The second-order valence-corrected chi connectivity index (χ2v) is 5.23. The van der Waals surface area contributed by atoms with Crippen molar-refractivity contribution in [2.75, 3.05) is 11.9 Å². The number of halogens is 1. The number of nitrogens with zero attached hydrogens (tertiary/aromatic N) is 3. The van der Waals surface area contributed by atoms with Crippen LogP contribution >= 0.6 is 11.6 Å². The highest BCUT2D eigenvalue weighted by Gasteiger charge is 2.13. The van der Waals surface area contributed by atoms with Gasteiger partial charge in [0.15, 0.2) is 5.65 Å². The van der Waals surface area contributed by atoms with Crippen LogP contribution in [0.5, 0.6) is 0 Å². The van der Waals surface area contributed by atoms with Crippen molar-refractivity contribution in [2.24, 2.45) is 5.41 Å². The van der Waals surface area contributed by atoms with E-state index in [1.165, 1.54) is 0 Å². The van der Waals surface area contributed by atoms with Crippen molar-refractivity contribution < 1.29 is 0 Å². The van der Waals surface area contributed by atoms with Gasteiger partial charge in [-0.25, -0.2) is 0 Å². The molecule has 0 bridgehead atoms. The molecule has 6 heteroatoms. The van der Waals surface area contributed by atoms with Crippen molar-refractivity contribution in [3.63, 3.8) is 0 Å². The number of H-pyrrole nitrogens is 1. The van der Waals surface area contributed by atoms with Crippen LogP contribution in [0.15, 0.2) is 6.20 Å². The first-order valence-electron chi connectivity index (χ1n) is 5.06. The first-order chi connectivity index (χ1) is 7.46. The van der Waals surface area contributed by atoms with Crippen LogP contribution in [-0.2, 0) is 0 Å². The zero-order valence-electron chi connectivity index (χ0n) is 9.50. The van der Waals surface area contributed by atoms with Gasteiger partial charge in [0.25, 0.3) is 0 Å². The number of rotatable bonds is 2. The van der Waals surface area contributed by atoms with Crippen LogP contribution < -0.4 is 5.32 Å². The third-order valence-electron chi connectivity index (χ3n) is 2.07. The molecule has 0 aliphatic carbocycles. The number of anilines is 1. The summed E-state index contributed by atoms with van der Waals surface area (Å²) in [5, 5.41) is 11.0. The van der Waals surface area contributed by atoms with Crippen LogP contribution in [0.1, 0.15) is 20.8 Å². The van der Waals surface area contributed by atoms with Crippen molar-refractivity contribution in [1.82, 2.24) is 20.2 Å². The lowest BCUT2D eigenvalue weighted by Crippen LogP contribution is -2.19. The maximum Gasteiger partial charge on any atom is 0.226 e. The molecule has 5 nitrogen and oxygen atoms in total. The average Bonchev–Trinajstić information content (AvgIpc) is 2.60. The fourth-order valence-corrected chi connectivity index (χ4v) is 1.46. The Hall–Kier alpha value is -1.36. The number of aromatic nitrogens is 4. The lowest BCUT2D eigenvalue weighted by molar-refractivity contribution is 0.442. The first-order valence-corrected chi connectivity index (χ1v) is 5.44. The molecule has 0 aromatic carbocycles. The zero-order chi connectivity index (χ0) is 11.8. The van der Waals surface area contributed by atoms with E-state index < -0.39 is 0 Å². The van der Waals surface area contributed by atoms with Gasteiger partial charge in [0.05, 0.1) is 11.6 Å². The molecule has 0 spiro atoms. The number of aromatic amines is 1. The van der Waals surface area contributed by atoms with Gasteiger partial charge >= 0.3 is 0 Å². The fraction of sp³-hybridized carbons (Fsp3) is 0.500. The molecule has 2 heterocycles. The number of nitrogens with one attached hydrogen (secondary N) is 2. The minimum atomic E-state index is 0.174. The molecule has 2 aromatic rings. The van der Waals surface area contributed by atoms with Crippen molar-refractivity contribution in [1.29, 1.82) is 0 Å². The van der Waals surface area contributed by atoms with Gasteiger partial charge in [0.1, 0.15) is 5.82 Å². The van der Waals surface area contributed by atoms with E-state index in [1.54, 1.807) is 6.20 Å². The van der Waals surface area contributed by atoms with E-state index in [9.17, 15) is 0 Å². The summed E-state index contributed by atoms with van der Waals surface area (Å²) in [5.41, 5.74) is 0.824. The first kappa shape index (κ1) is 11.1. The summed E-state index contributed by atoms with van der Waals surface area (Å²) >= 11 is 5.82. The van der Waals surface area contributed by atoms with E-state index in [1.807, 2.05) is 0 Å². The van der Waals surface area contributed by atoms with Crippen LogP contribution in [0.3, 0.4) is 0 Å². The summed E-state index contributed by atoms with van der Waals surface area (Å²) in [4.78, 5) is 8.20. The maximum atomic E-state index is 5.82. The summed E-state index contributed by atoms with van der Waals surface area (Å²) in [6, 6.07) is 0. The minimum absolute atomic E-state index is 0.174. The van der Waals surface area contributed by atoms with Gasteiger partial charge in [-0.3, -0.25) is 5.10 Å². The molecule has 0 atom stereocenters. The van der Waals surface area contributed by atoms with Crippen molar-refractivity contribution in [3.05, 3.63) is 11.5 Å². The van der Waals surface area contributed by atoms with E-state index in [0.29, 0.717) is 5.65 Å². The Bertz CT molecular complexity index is 499. The molecule has 0 aliphatic rings. The molecule has 0 unspecified atom stereocenters. The maximum absolute atomic E-state index is 5.82. The van der Waals surface area contributed by atoms with Crippen molar-refractivity contribution >= 4 is 28.5 Å². The molecule has 2 N–H and O–H groups in total. The van der Waals surface area contributed by atoms with E-state index in [4.69, 9.17) is 11.6 Å². The Labute approximate surface area is 98.6 Å². The molecule has 0 amide bonds. The van der Waals surface area contributed by atoms with Gasteiger partial charge in [-0.2, -0.15) is 15.1 Å². The van der Waals surface area contributed by atoms with Gasteiger partial charge in [-0.05, 0) is 17.0 Å². The van der Waals surface area contributed by atoms with Crippen LogP contribution in [0.2, 0.25) is 5.28 Å². The summed E-state index contributed by atoms with van der Waals surface area (Å²) in [5.74, 6) is 0.721. The topological polar surface area (TPSA) is 66.5 Å². The molecule has 0 saturated heterocycles. The monoisotopic (exact) mass is 239 g/mol. The van der Waals surface area contributed by atoms with Crippen LogP contribution in [-0.4, -0.2) is 26.7 Å². The van der Waals surface area contributed by atoms with Crippen LogP contribution in [0, 0.1) is 5.41 Å². The molecular formula is C10H14ClN5. The number of hydrogen-bond acceptors (Lipinski definition) is 4. The Kier molecular flexibility index (Phi) is 2.71. The van der Waals surface area contributed by atoms with Gasteiger partial charge in [0.2, 0.25) is 5.28 Å². The SMILES string of the molecule is CC(C)(C)CNc1nc(Cl)nc2[nH]ncc12. The van der Waals surface area contributed by atoms with Crippen LogP contribution in [0.4, 0.5) is 5.82 Å². The van der Waals surface area contributed by atoms with Gasteiger partial charge in [-0.1, -0.05) is 20.8 Å². The average molecular weight is 240 g/mol. The Morgan fingerprint density at radius 3 is 2.81 bits per heavy atom. The van der Waals surface area contributed by atoms with Gasteiger partial charge < -0.3 is 5.32 Å². The highest BCUT2D eigenvalue weighted by atomic mass is 35.5. The summed E-state index contributed by atoms with van der Waals surface area (Å²) < 4.78 is 0. The molecular weight excluding hydrogens is 226 g/mol. The van der Waals surface area contributed by atoms with Gasteiger partial charge in [-0.15, -0.1) is 0 Å². The van der Waals surface area contributed by atoms with E-state index in [2.05, 4.69) is 46.3 Å². The second kappa shape index (κ2) is 3.90. The molecule has 16 heavy (non-hydrogen) atoms. The summed E-state index contributed by atoms with van der Waals surface area (Å²) in [6.45, 7) is 7.25. The lowest BCUT2D eigenvalue weighted by atomic mass is 9.97. The zero-order valence-corrected chi connectivity index (χ0v) is 10.3. The minimum Gasteiger partial charge on any atom is -0.369 e.